The highest BCUT2D eigenvalue weighted by Gasteiger charge is 2.36. The molecule has 0 aromatic heterocycles. The molecule has 1 rings (SSSR count). The van der Waals surface area contributed by atoms with Crippen LogP contribution in [-0.2, 0) is 4.65 Å². The molecule has 0 aliphatic rings. The Labute approximate surface area is 111 Å². The van der Waals surface area contributed by atoms with Crippen LogP contribution in [0.1, 0.15) is 20.8 Å². The van der Waals surface area contributed by atoms with Crippen LogP contribution in [0.15, 0.2) is 24.3 Å². The molecule has 1 aromatic rings. The van der Waals surface area contributed by atoms with Gasteiger partial charge in [0.15, 0.2) is 0 Å². The molecule has 0 fully saturated rings. The third-order valence-electron chi connectivity index (χ3n) is 4.02. The summed E-state index contributed by atoms with van der Waals surface area (Å²) in [6.07, 6.45) is 0. The molecule has 0 aliphatic carbocycles. The van der Waals surface area contributed by atoms with Crippen LogP contribution >= 0.6 is 0 Å². The Balaban J connectivity index is 2.96. The Morgan fingerprint density at radius 2 is 1.67 bits per heavy atom. The fourth-order valence-corrected chi connectivity index (χ4v) is 3.53. The van der Waals surface area contributed by atoms with Gasteiger partial charge >= 0.3 is 7.12 Å². The van der Waals surface area contributed by atoms with Crippen molar-refractivity contribution in [1.29, 1.82) is 0 Å². The van der Waals surface area contributed by atoms with Crippen LogP contribution in [0.4, 0.5) is 0 Å². The normalized spacial score (nSPS) is 12.6. The number of benzene rings is 1. The highest BCUT2D eigenvalue weighted by Crippen LogP contribution is 2.35. The maximum Gasteiger partial charge on any atom is 0.492 e. The molecule has 18 heavy (non-hydrogen) atoms. The number of hydrogen-bond donors (Lipinski definition) is 2. The number of hydrogen-bond acceptors (Lipinski definition) is 3. The molecule has 0 spiro atoms. The predicted octanol–water partition coefficient (Wildman–Crippen LogP) is 1.06. The number of aliphatic hydroxyl groups is 1. The zero-order chi connectivity index (χ0) is 14.0. The molecule has 0 radical (unpaired) electrons. The lowest BCUT2D eigenvalue weighted by Crippen LogP contribution is -2.50. The monoisotopic (exact) mass is 266 g/mol. The van der Waals surface area contributed by atoms with Gasteiger partial charge in [-0.15, -0.1) is 0 Å². The van der Waals surface area contributed by atoms with Crippen molar-refractivity contribution in [3.8, 4) is 0 Å². The second kappa shape index (κ2) is 5.57. The second-order valence-corrected chi connectivity index (χ2v) is 11.5. The summed E-state index contributed by atoms with van der Waals surface area (Å²) in [6.45, 7) is 11.0. The van der Waals surface area contributed by atoms with Crippen LogP contribution in [0.3, 0.4) is 0 Å². The summed E-state index contributed by atoms with van der Waals surface area (Å²) in [4.78, 5) is 0. The average molecular weight is 266 g/mol. The molecule has 0 aliphatic heterocycles. The summed E-state index contributed by atoms with van der Waals surface area (Å²) < 4.78 is 4.74. The van der Waals surface area contributed by atoms with Crippen LogP contribution in [0.25, 0.3) is 0 Å². The van der Waals surface area contributed by atoms with Crippen molar-refractivity contribution in [3.63, 3.8) is 0 Å². The lowest BCUT2D eigenvalue weighted by atomic mass is 9.80. The van der Waals surface area contributed by atoms with E-state index in [1.54, 1.807) is 0 Å². The van der Waals surface area contributed by atoms with E-state index in [9.17, 15) is 5.02 Å². The Bertz CT molecular complexity index is 384. The zero-order valence-corrected chi connectivity index (χ0v) is 12.9. The third kappa shape index (κ3) is 3.23. The van der Waals surface area contributed by atoms with Crippen molar-refractivity contribution in [3.05, 3.63) is 24.3 Å². The third-order valence-corrected chi connectivity index (χ3v) is 9.55. The first kappa shape index (κ1) is 15.4. The average Bonchev–Trinajstić information content (AvgIpc) is 2.28. The quantitative estimate of drug-likeness (QED) is 0.633. The molecule has 0 saturated carbocycles. The Hall–Kier alpha value is -0.618. The van der Waals surface area contributed by atoms with Crippen molar-refractivity contribution < 1.29 is 14.8 Å². The minimum Gasteiger partial charge on any atom is -0.423 e. The van der Waals surface area contributed by atoms with Gasteiger partial charge in [-0.1, -0.05) is 63.3 Å². The van der Waals surface area contributed by atoms with E-state index < -0.39 is 22.0 Å². The van der Waals surface area contributed by atoms with Crippen LogP contribution in [-0.4, -0.2) is 32.1 Å². The molecular weight excluding hydrogens is 243 g/mol. The SMILES string of the molecule is CC(C)(C)[Si](C)(C)c1ccc(B(O)OCO)cc1. The van der Waals surface area contributed by atoms with Crippen molar-refractivity contribution in [2.75, 3.05) is 6.79 Å². The van der Waals surface area contributed by atoms with Gasteiger partial charge in [-0.3, -0.25) is 0 Å². The Morgan fingerprint density at radius 3 is 2.06 bits per heavy atom. The van der Waals surface area contributed by atoms with Gasteiger partial charge in [0.25, 0.3) is 0 Å². The molecule has 100 valence electrons. The first-order chi connectivity index (χ1) is 8.20. The fourth-order valence-electron chi connectivity index (χ4n) is 1.66. The van der Waals surface area contributed by atoms with E-state index >= 15 is 0 Å². The summed E-state index contributed by atoms with van der Waals surface area (Å²) >= 11 is 0. The van der Waals surface area contributed by atoms with Gasteiger partial charge in [0.1, 0.15) is 6.79 Å². The lowest BCUT2D eigenvalue weighted by Gasteiger charge is -2.37. The smallest absolute Gasteiger partial charge is 0.423 e. The first-order valence-corrected chi connectivity index (χ1v) is 9.21. The van der Waals surface area contributed by atoms with Gasteiger partial charge in [0.2, 0.25) is 0 Å². The Kier molecular flexibility index (Phi) is 4.78. The van der Waals surface area contributed by atoms with E-state index in [-0.39, 0.29) is 5.04 Å². The van der Waals surface area contributed by atoms with E-state index in [4.69, 9.17) is 9.76 Å². The first-order valence-electron chi connectivity index (χ1n) is 6.21. The van der Waals surface area contributed by atoms with E-state index in [2.05, 4.69) is 46.0 Å². The van der Waals surface area contributed by atoms with E-state index in [0.717, 1.165) is 0 Å². The number of rotatable bonds is 4. The van der Waals surface area contributed by atoms with Crippen LogP contribution in [0, 0.1) is 0 Å². The summed E-state index contributed by atoms with van der Waals surface area (Å²) in [6, 6.07) is 7.87. The van der Waals surface area contributed by atoms with Crippen molar-refractivity contribution in [2.45, 2.75) is 38.9 Å². The highest BCUT2D eigenvalue weighted by molar-refractivity contribution is 6.92. The lowest BCUT2D eigenvalue weighted by molar-refractivity contribution is 0.0829. The molecule has 5 heteroatoms. The van der Waals surface area contributed by atoms with Gasteiger partial charge in [0.05, 0.1) is 8.07 Å². The van der Waals surface area contributed by atoms with Gasteiger partial charge in [-0.2, -0.15) is 0 Å². The van der Waals surface area contributed by atoms with Gasteiger partial charge in [-0.05, 0) is 10.5 Å². The topological polar surface area (TPSA) is 49.7 Å². The molecule has 3 nitrogen and oxygen atoms in total. The molecule has 0 amide bonds. The van der Waals surface area contributed by atoms with Gasteiger partial charge in [-0.25, -0.2) is 0 Å². The molecule has 0 heterocycles. The fraction of sp³-hybridized carbons (Fsp3) is 0.538. The van der Waals surface area contributed by atoms with Crippen LogP contribution in [0.2, 0.25) is 18.1 Å². The largest absolute Gasteiger partial charge is 0.492 e. The molecule has 0 saturated heterocycles. The summed E-state index contributed by atoms with van der Waals surface area (Å²) in [5, 5.41) is 19.9. The van der Waals surface area contributed by atoms with Gasteiger partial charge in [0, 0.05) is 0 Å². The molecular formula is C13H23BO3Si. The molecule has 0 atom stereocenters. The minimum atomic E-state index is -1.53. The van der Waals surface area contributed by atoms with E-state index in [1.165, 1.54) is 5.19 Å². The number of aliphatic hydroxyl groups excluding tert-OH is 1. The van der Waals surface area contributed by atoms with Crippen molar-refractivity contribution in [1.82, 2.24) is 0 Å². The van der Waals surface area contributed by atoms with E-state index in [1.807, 2.05) is 12.1 Å². The van der Waals surface area contributed by atoms with Crippen molar-refractivity contribution >= 4 is 25.8 Å². The predicted molar refractivity (Wildman–Crippen MR) is 79.1 cm³/mol. The standard InChI is InChI=1S/C13H23BO3Si/c1-13(2,3)18(4,5)12-8-6-11(7-9-12)14(16)17-10-15/h6-9,15-16H,10H2,1-5H3. The summed E-state index contributed by atoms with van der Waals surface area (Å²) in [5.74, 6) is 0. The van der Waals surface area contributed by atoms with Crippen LogP contribution in [0.5, 0.6) is 0 Å². The van der Waals surface area contributed by atoms with Crippen LogP contribution < -0.4 is 10.6 Å². The van der Waals surface area contributed by atoms with Gasteiger partial charge < -0.3 is 14.8 Å². The summed E-state index contributed by atoms with van der Waals surface area (Å²) in [5.41, 5.74) is 0.673. The molecule has 0 unspecified atom stereocenters. The van der Waals surface area contributed by atoms with Crippen molar-refractivity contribution in [2.24, 2.45) is 0 Å². The molecule has 2 N–H and O–H groups in total. The molecule has 0 bridgehead atoms. The maximum absolute atomic E-state index is 9.60. The van der Waals surface area contributed by atoms with E-state index in [0.29, 0.717) is 5.46 Å². The second-order valence-electron chi connectivity index (χ2n) is 6.15. The zero-order valence-electron chi connectivity index (χ0n) is 11.9. The highest BCUT2D eigenvalue weighted by atomic mass is 28.3. The maximum atomic E-state index is 9.60. The Morgan fingerprint density at radius 1 is 1.17 bits per heavy atom. The molecule has 1 aromatic carbocycles. The minimum absolute atomic E-state index is 0.286. The summed E-state index contributed by atoms with van der Waals surface area (Å²) in [7, 11) is -2.58.